The Kier molecular flexibility index (Phi) is 9.04. The Hall–Kier alpha value is -3.97. The van der Waals surface area contributed by atoms with E-state index in [1.807, 2.05) is 48.5 Å². The second-order valence-electron chi connectivity index (χ2n) is 14.3. The average Bonchev–Trinajstić information content (AvgIpc) is 3.58. The van der Waals surface area contributed by atoms with Gasteiger partial charge in [0.15, 0.2) is 6.29 Å². The van der Waals surface area contributed by atoms with Crippen LogP contribution < -0.4 is 10.6 Å². The first-order valence-corrected chi connectivity index (χ1v) is 18.2. The Morgan fingerprint density at radius 1 is 0.857 bits per heavy atom. The van der Waals surface area contributed by atoms with E-state index in [4.69, 9.17) is 9.47 Å². The lowest BCUT2D eigenvalue weighted by atomic mass is 9.53. The van der Waals surface area contributed by atoms with Gasteiger partial charge in [-0.05, 0) is 108 Å². The van der Waals surface area contributed by atoms with Gasteiger partial charge in [0, 0.05) is 29.8 Å². The van der Waals surface area contributed by atoms with Crippen LogP contribution >= 0.6 is 11.8 Å². The van der Waals surface area contributed by atoms with Gasteiger partial charge in [-0.1, -0.05) is 60.3 Å². The van der Waals surface area contributed by atoms with E-state index in [-0.39, 0.29) is 36.1 Å². The molecule has 5 aliphatic rings. The van der Waals surface area contributed by atoms with E-state index in [0.29, 0.717) is 23.9 Å². The molecule has 1 aromatic heterocycles. The summed E-state index contributed by atoms with van der Waals surface area (Å²) in [4.78, 5) is 13.0. The SMILES string of the molecule is O=C(NCc1ccc([C@H]2O[C@@H](CSc3nnnn3-c3ccc(O)cc3)C[C@@H](c3ccc(CO)cc3)O2)cc1)NC12CC3CC(CC(C3)C1)C2. The number of ether oxygens (including phenoxy) is 2. The van der Waals surface area contributed by atoms with Crippen molar-refractivity contribution in [2.75, 3.05) is 5.75 Å². The number of nitrogens with one attached hydrogen (secondary N) is 2. The summed E-state index contributed by atoms with van der Waals surface area (Å²) in [5.74, 6) is 3.11. The number of aliphatic hydroxyl groups is 1. The van der Waals surface area contributed by atoms with Crippen LogP contribution in [0.25, 0.3) is 5.69 Å². The van der Waals surface area contributed by atoms with Crippen molar-refractivity contribution in [3.63, 3.8) is 0 Å². The number of phenolic OH excluding ortho intramolecular Hbond substituents is 1. The molecule has 11 nitrogen and oxygen atoms in total. The number of tetrazole rings is 1. The average molecular weight is 683 g/mol. The Bertz CT molecular complexity index is 1710. The molecule has 2 heterocycles. The highest BCUT2D eigenvalue weighted by Crippen LogP contribution is 2.55. The van der Waals surface area contributed by atoms with Crippen molar-refractivity contribution in [2.24, 2.45) is 17.8 Å². The summed E-state index contributed by atoms with van der Waals surface area (Å²) in [7, 11) is 0. The molecule has 0 unspecified atom stereocenters. The topological polar surface area (TPSA) is 144 Å². The molecule has 3 aromatic carbocycles. The zero-order valence-electron chi connectivity index (χ0n) is 27.3. The first kappa shape index (κ1) is 32.2. The smallest absolute Gasteiger partial charge is 0.315 e. The summed E-state index contributed by atoms with van der Waals surface area (Å²) in [5, 5.41) is 38.6. The second-order valence-corrected chi connectivity index (χ2v) is 15.3. The van der Waals surface area contributed by atoms with Gasteiger partial charge in [0.25, 0.3) is 0 Å². The zero-order chi connectivity index (χ0) is 33.4. The summed E-state index contributed by atoms with van der Waals surface area (Å²) in [5.41, 5.74) is 4.49. The number of carbonyl (C=O) groups excluding carboxylic acids is 1. The van der Waals surface area contributed by atoms with Gasteiger partial charge in [-0.15, -0.1) is 5.10 Å². The quantitative estimate of drug-likeness (QED) is 0.149. The number of hydrogen-bond donors (Lipinski definition) is 4. The molecule has 9 rings (SSSR count). The van der Waals surface area contributed by atoms with Gasteiger partial charge in [-0.2, -0.15) is 4.68 Å². The largest absolute Gasteiger partial charge is 0.508 e. The lowest BCUT2D eigenvalue weighted by Crippen LogP contribution is -2.61. The molecule has 4 bridgehead atoms. The minimum atomic E-state index is -0.601. The first-order chi connectivity index (χ1) is 23.9. The van der Waals surface area contributed by atoms with Crippen molar-refractivity contribution >= 4 is 17.8 Å². The van der Waals surface area contributed by atoms with E-state index < -0.39 is 6.29 Å². The van der Waals surface area contributed by atoms with Gasteiger partial charge in [-0.3, -0.25) is 0 Å². The number of phenols is 1. The molecule has 1 saturated heterocycles. The fraction of sp³-hybridized carbons (Fsp3) is 0.459. The van der Waals surface area contributed by atoms with Crippen LogP contribution in [0.2, 0.25) is 0 Å². The molecule has 4 N–H and O–H groups in total. The number of urea groups is 1. The molecule has 0 radical (unpaired) electrons. The van der Waals surface area contributed by atoms with Crippen LogP contribution in [0.3, 0.4) is 0 Å². The molecular weight excluding hydrogens is 641 g/mol. The molecule has 5 fully saturated rings. The van der Waals surface area contributed by atoms with E-state index in [9.17, 15) is 15.0 Å². The normalized spacial score (nSPS) is 28.8. The van der Waals surface area contributed by atoms with Crippen LogP contribution in [-0.2, 0) is 22.6 Å². The number of carbonyl (C=O) groups is 1. The van der Waals surface area contributed by atoms with Gasteiger partial charge >= 0.3 is 6.03 Å². The van der Waals surface area contributed by atoms with Gasteiger partial charge < -0.3 is 30.3 Å². The van der Waals surface area contributed by atoms with Crippen molar-refractivity contribution < 1.29 is 24.5 Å². The van der Waals surface area contributed by atoms with Crippen LogP contribution in [0.4, 0.5) is 4.79 Å². The van der Waals surface area contributed by atoms with Crippen LogP contribution in [-0.4, -0.2) is 53.8 Å². The number of amides is 2. The minimum Gasteiger partial charge on any atom is -0.508 e. The molecule has 49 heavy (non-hydrogen) atoms. The highest BCUT2D eigenvalue weighted by atomic mass is 32.2. The number of aromatic nitrogens is 4. The third-order valence-corrected chi connectivity index (χ3v) is 11.7. The van der Waals surface area contributed by atoms with E-state index in [1.165, 1.54) is 31.0 Å². The lowest BCUT2D eigenvalue weighted by molar-refractivity contribution is -0.245. The van der Waals surface area contributed by atoms with Gasteiger partial charge in [0.2, 0.25) is 5.16 Å². The monoisotopic (exact) mass is 682 g/mol. The Balaban J connectivity index is 0.923. The molecule has 4 aliphatic carbocycles. The molecule has 1 aliphatic heterocycles. The molecule has 256 valence electrons. The van der Waals surface area contributed by atoms with Crippen LogP contribution in [0, 0.1) is 17.8 Å². The highest BCUT2D eigenvalue weighted by Gasteiger charge is 2.51. The van der Waals surface area contributed by atoms with E-state index in [0.717, 1.165) is 65.0 Å². The molecule has 0 spiro atoms. The second kappa shape index (κ2) is 13.7. The van der Waals surface area contributed by atoms with Crippen LogP contribution in [0.5, 0.6) is 5.75 Å². The number of thioether (sulfide) groups is 1. The van der Waals surface area contributed by atoms with E-state index in [2.05, 4.69) is 26.2 Å². The Labute approximate surface area is 289 Å². The number of aliphatic hydroxyl groups excluding tert-OH is 1. The third kappa shape index (κ3) is 7.19. The standard InChI is InChI=1S/C37H42N6O5S/c44-21-24-3-5-28(6-4-24)33-16-32(22-49-36-40-41-42-43(36)30-9-11-31(45)12-10-30)47-34(48-33)29-7-1-23(2-8-29)20-38-35(46)39-37-17-25-13-26(18-37)15-27(14-25)19-37/h1-12,25-27,32-34,44-45H,13-22H2,(H2,38,39,46)/t25?,26?,27?,32-,33+,34+,37?/m1/s1. The Morgan fingerprint density at radius 2 is 1.51 bits per heavy atom. The summed E-state index contributed by atoms with van der Waals surface area (Å²) < 4.78 is 14.7. The molecule has 2 amide bonds. The number of aromatic hydroxyl groups is 1. The maximum absolute atomic E-state index is 13.0. The number of hydrogen-bond acceptors (Lipinski definition) is 9. The van der Waals surface area contributed by atoms with Crippen molar-refractivity contribution in [3.05, 3.63) is 95.1 Å². The molecule has 4 saturated carbocycles. The number of rotatable bonds is 10. The van der Waals surface area contributed by atoms with E-state index >= 15 is 0 Å². The predicted molar refractivity (Wildman–Crippen MR) is 183 cm³/mol. The fourth-order valence-electron chi connectivity index (χ4n) is 8.74. The minimum absolute atomic E-state index is 0.0140. The predicted octanol–water partition coefficient (Wildman–Crippen LogP) is 5.97. The zero-order valence-corrected chi connectivity index (χ0v) is 28.1. The lowest BCUT2D eigenvalue weighted by Gasteiger charge is -2.56. The van der Waals surface area contributed by atoms with Crippen molar-refractivity contribution in [1.82, 2.24) is 30.8 Å². The maximum Gasteiger partial charge on any atom is 0.315 e. The first-order valence-electron chi connectivity index (χ1n) is 17.3. The molecule has 4 aromatic rings. The molecule has 3 atom stereocenters. The third-order valence-electron chi connectivity index (χ3n) is 10.7. The summed E-state index contributed by atoms with van der Waals surface area (Å²) >= 11 is 1.50. The van der Waals surface area contributed by atoms with Gasteiger partial charge in [0.05, 0.1) is 24.5 Å². The van der Waals surface area contributed by atoms with Crippen LogP contribution in [0.15, 0.2) is 78.0 Å². The summed E-state index contributed by atoms with van der Waals surface area (Å²) in [6, 6.07) is 22.5. The molecular formula is C37H42N6O5S. The van der Waals surface area contributed by atoms with Crippen molar-refractivity contribution in [2.45, 2.75) is 87.3 Å². The summed E-state index contributed by atoms with van der Waals surface area (Å²) in [6.07, 6.45) is 7.06. The van der Waals surface area contributed by atoms with Crippen molar-refractivity contribution in [1.29, 1.82) is 0 Å². The highest BCUT2D eigenvalue weighted by molar-refractivity contribution is 7.99. The summed E-state index contributed by atoms with van der Waals surface area (Å²) in [6.45, 7) is 0.428. The number of nitrogens with zero attached hydrogens (tertiary/aromatic N) is 4. The fourth-order valence-corrected chi connectivity index (χ4v) is 9.65. The van der Waals surface area contributed by atoms with Crippen molar-refractivity contribution in [3.8, 4) is 11.4 Å². The molecule has 12 heteroatoms. The maximum atomic E-state index is 13.0. The Morgan fingerprint density at radius 3 is 2.18 bits per heavy atom. The number of benzene rings is 3. The van der Waals surface area contributed by atoms with E-state index in [1.54, 1.807) is 28.9 Å². The van der Waals surface area contributed by atoms with Gasteiger partial charge in [-0.25, -0.2) is 4.79 Å². The van der Waals surface area contributed by atoms with Crippen LogP contribution in [0.1, 0.15) is 79.6 Å². The van der Waals surface area contributed by atoms with Gasteiger partial charge in [0.1, 0.15) is 5.75 Å².